The number of anilines is 2. The number of carboxylic acids is 1. The maximum absolute atomic E-state index is 12.3. The average molecular weight is 426 g/mol. The highest BCUT2D eigenvalue weighted by Crippen LogP contribution is 2.20. The molecule has 0 bridgehead atoms. The normalized spacial score (nSPS) is 11.4. The second-order valence-corrected chi connectivity index (χ2v) is 8.84. The number of carboxylic acid groups (broad SMARTS) is 1. The molecule has 0 atom stereocenters. The number of aromatic carboxylic acids is 1. The van der Waals surface area contributed by atoms with Gasteiger partial charge in [-0.05, 0) is 24.6 Å². The molecule has 9 heteroatoms. The number of nitrogens with one attached hydrogen (secondary N) is 1. The maximum atomic E-state index is 12.3. The van der Waals surface area contributed by atoms with E-state index in [4.69, 9.17) is 0 Å². The van der Waals surface area contributed by atoms with Crippen LogP contribution >= 0.6 is 0 Å². The molecule has 1 aromatic heterocycles. The van der Waals surface area contributed by atoms with Crippen molar-refractivity contribution < 1.29 is 18.3 Å². The Balaban J connectivity index is 1.89. The topological polar surface area (TPSA) is 112 Å². The van der Waals surface area contributed by atoms with Gasteiger partial charge in [0.15, 0.2) is 0 Å². The number of aromatic nitrogens is 2. The fraction of sp³-hybridized carbons (Fsp3) is 0.190. The van der Waals surface area contributed by atoms with Crippen LogP contribution in [-0.4, -0.2) is 40.0 Å². The van der Waals surface area contributed by atoms with Gasteiger partial charge in [0.05, 0.1) is 12.8 Å². The van der Waals surface area contributed by atoms with Crippen molar-refractivity contribution in [3.63, 3.8) is 0 Å². The average Bonchev–Trinajstić information content (AvgIpc) is 2.69. The maximum Gasteiger partial charge on any atom is 0.341 e. The Hall–Kier alpha value is -3.30. The molecule has 2 N–H and O–H groups in total. The van der Waals surface area contributed by atoms with E-state index < -0.39 is 16.0 Å². The summed E-state index contributed by atoms with van der Waals surface area (Å²) in [7, 11) is -3.55. The van der Waals surface area contributed by atoms with Gasteiger partial charge in [0, 0.05) is 18.4 Å². The highest BCUT2D eigenvalue weighted by molar-refractivity contribution is 7.88. The third-order valence-corrected chi connectivity index (χ3v) is 5.57. The summed E-state index contributed by atoms with van der Waals surface area (Å²) < 4.78 is 25.9. The fourth-order valence-corrected chi connectivity index (χ4v) is 3.48. The van der Waals surface area contributed by atoms with E-state index >= 15 is 0 Å². The van der Waals surface area contributed by atoms with Crippen molar-refractivity contribution in [3.8, 4) is 0 Å². The summed E-state index contributed by atoms with van der Waals surface area (Å²) in [5.41, 5.74) is 2.46. The van der Waals surface area contributed by atoms with E-state index in [-0.39, 0.29) is 30.3 Å². The van der Waals surface area contributed by atoms with Gasteiger partial charge in [-0.1, -0.05) is 48.0 Å². The highest BCUT2D eigenvalue weighted by Gasteiger charge is 2.21. The molecule has 0 saturated heterocycles. The first-order valence-electron chi connectivity index (χ1n) is 9.14. The van der Waals surface area contributed by atoms with Crippen molar-refractivity contribution in [2.24, 2.45) is 0 Å². The van der Waals surface area contributed by atoms with Gasteiger partial charge in [0.2, 0.25) is 10.0 Å². The van der Waals surface area contributed by atoms with Gasteiger partial charge >= 0.3 is 5.97 Å². The van der Waals surface area contributed by atoms with Crippen molar-refractivity contribution in [3.05, 3.63) is 83.3 Å². The van der Waals surface area contributed by atoms with Crippen LogP contribution in [0, 0.1) is 6.92 Å². The predicted octanol–water partition coefficient (Wildman–Crippen LogP) is 3.19. The van der Waals surface area contributed by atoms with Gasteiger partial charge < -0.3 is 10.4 Å². The molecule has 0 aliphatic rings. The van der Waals surface area contributed by atoms with Gasteiger partial charge in [-0.15, -0.1) is 0 Å². The van der Waals surface area contributed by atoms with Crippen molar-refractivity contribution >= 4 is 27.5 Å². The van der Waals surface area contributed by atoms with Crippen molar-refractivity contribution in [2.45, 2.75) is 20.0 Å². The number of hydrogen-bond donors (Lipinski definition) is 2. The minimum atomic E-state index is -3.55. The number of hydrogen-bond acceptors (Lipinski definition) is 6. The van der Waals surface area contributed by atoms with Crippen LogP contribution in [0.2, 0.25) is 0 Å². The van der Waals surface area contributed by atoms with Crippen molar-refractivity contribution in [1.29, 1.82) is 0 Å². The zero-order valence-corrected chi connectivity index (χ0v) is 17.4. The van der Waals surface area contributed by atoms with Crippen LogP contribution < -0.4 is 5.32 Å². The van der Waals surface area contributed by atoms with Crippen LogP contribution in [0.25, 0.3) is 0 Å². The third kappa shape index (κ3) is 5.62. The fourth-order valence-electron chi connectivity index (χ4n) is 2.75. The Kier molecular flexibility index (Phi) is 6.43. The molecule has 0 spiro atoms. The molecule has 8 nitrogen and oxygen atoms in total. The highest BCUT2D eigenvalue weighted by atomic mass is 32.2. The second kappa shape index (κ2) is 9.02. The quantitative estimate of drug-likeness (QED) is 0.569. The van der Waals surface area contributed by atoms with E-state index in [2.05, 4.69) is 15.3 Å². The number of benzene rings is 2. The Morgan fingerprint density at radius 3 is 2.33 bits per heavy atom. The molecule has 30 heavy (non-hydrogen) atoms. The van der Waals surface area contributed by atoms with Crippen molar-refractivity contribution in [1.82, 2.24) is 14.3 Å². The van der Waals surface area contributed by atoms with Crippen LogP contribution in [0.5, 0.6) is 0 Å². The molecule has 3 rings (SSSR count). The van der Waals surface area contributed by atoms with Gasteiger partial charge in [0.1, 0.15) is 17.2 Å². The van der Waals surface area contributed by atoms with Crippen LogP contribution in [0.1, 0.15) is 27.3 Å². The summed E-state index contributed by atoms with van der Waals surface area (Å²) in [5.74, 6) is -0.891. The Bertz CT molecular complexity index is 1130. The number of para-hydroxylation sites is 1. The Morgan fingerprint density at radius 2 is 1.73 bits per heavy atom. The van der Waals surface area contributed by atoms with E-state index in [0.717, 1.165) is 17.4 Å². The lowest BCUT2D eigenvalue weighted by atomic mass is 10.1. The Morgan fingerprint density at radius 1 is 1.07 bits per heavy atom. The van der Waals surface area contributed by atoms with Crippen LogP contribution in [0.3, 0.4) is 0 Å². The standard InChI is InChI=1S/C21H22N4O4S/c1-15-8-10-16(11-9-15)13-25(30(2,28)29)14-19-22-12-18(21(26)27)20(24-19)23-17-6-4-3-5-7-17/h3-12H,13-14H2,1-2H3,(H,26,27)(H,22,23,24). The number of nitrogens with zero attached hydrogens (tertiary/aromatic N) is 3. The van der Waals surface area contributed by atoms with Gasteiger partial charge in [-0.3, -0.25) is 0 Å². The SMILES string of the molecule is Cc1ccc(CN(Cc2ncc(C(=O)O)c(Nc3ccccc3)n2)S(C)(=O)=O)cc1. The monoisotopic (exact) mass is 426 g/mol. The minimum absolute atomic E-state index is 0.0872. The van der Waals surface area contributed by atoms with Crippen LogP contribution in [-0.2, 0) is 23.1 Å². The molecular weight excluding hydrogens is 404 g/mol. The largest absolute Gasteiger partial charge is 0.477 e. The Labute approximate surface area is 175 Å². The van der Waals surface area contributed by atoms with E-state index in [9.17, 15) is 18.3 Å². The van der Waals surface area contributed by atoms with Crippen molar-refractivity contribution in [2.75, 3.05) is 11.6 Å². The summed E-state index contributed by atoms with van der Waals surface area (Å²) in [6.45, 7) is 2.03. The van der Waals surface area contributed by atoms with E-state index in [1.807, 2.05) is 37.3 Å². The first kappa shape index (κ1) is 21.4. The summed E-state index contributed by atoms with van der Waals surface area (Å²) in [4.78, 5) is 19.9. The first-order valence-corrected chi connectivity index (χ1v) is 11.0. The molecule has 0 fully saturated rings. The minimum Gasteiger partial charge on any atom is -0.477 e. The molecule has 1 heterocycles. The van der Waals surface area contributed by atoms with Gasteiger partial charge in [0.25, 0.3) is 0 Å². The smallest absolute Gasteiger partial charge is 0.341 e. The van der Waals surface area contributed by atoms with Crippen LogP contribution in [0.15, 0.2) is 60.8 Å². The summed E-state index contributed by atoms with van der Waals surface area (Å²) in [6, 6.07) is 16.5. The molecule has 0 unspecified atom stereocenters. The summed E-state index contributed by atoms with van der Waals surface area (Å²) in [5, 5.41) is 12.4. The lowest BCUT2D eigenvalue weighted by Crippen LogP contribution is -2.30. The molecule has 0 saturated carbocycles. The van der Waals surface area contributed by atoms with E-state index in [1.165, 1.54) is 10.5 Å². The number of sulfonamides is 1. The number of aryl methyl sites for hydroxylation is 1. The number of carbonyl (C=O) groups is 1. The molecule has 2 aromatic carbocycles. The van der Waals surface area contributed by atoms with Gasteiger partial charge in [-0.25, -0.2) is 23.2 Å². The van der Waals surface area contributed by atoms with E-state index in [1.54, 1.807) is 24.3 Å². The molecule has 156 valence electrons. The summed E-state index contributed by atoms with van der Waals surface area (Å²) >= 11 is 0. The summed E-state index contributed by atoms with van der Waals surface area (Å²) in [6.07, 6.45) is 2.30. The van der Waals surface area contributed by atoms with E-state index in [0.29, 0.717) is 5.69 Å². The molecule has 3 aromatic rings. The number of rotatable bonds is 8. The zero-order valence-electron chi connectivity index (χ0n) is 16.6. The third-order valence-electron chi connectivity index (χ3n) is 4.37. The molecular formula is C21H22N4O4S. The zero-order chi connectivity index (χ0) is 21.7. The molecule has 0 aliphatic heterocycles. The predicted molar refractivity (Wildman–Crippen MR) is 114 cm³/mol. The van der Waals surface area contributed by atoms with Gasteiger partial charge in [-0.2, -0.15) is 4.31 Å². The molecule has 0 amide bonds. The first-order chi connectivity index (χ1) is 14.2. The second-order valence-electron chi connectivity index (χ2n) is 6.86. The lowest BCUT2D eigenvalue weighted by molar-refractivity contribution is 0.0697. The molecule has 0 radical (unpaired) electrons. The molecule has 0 aliphatic carbocycles. The lowest BCUT2D eigenvalue weighted by Gasteiger charge is -2.20. The van der Waals surface area contributed by atoms with Crippen LogP contribution in [0.4, 0.5) is 11.5 Å².